The third-order valence-corrected chi connectivity index (χ3v) is 2.33. The molecule has 0 aromatic heterocycles. The molecule has 3 nitrogen and oxygen atoms in total. The van der Waals surface area contributed by atoms with Crippen LogP contribution in [0.4, 0.5) is 10.1 Å². The first-order chi connectivity index (χ1) is 6.73. The molecule has 0 saturated heterocycles. The van der Waals surface area contributed by atoms with Crippen molar-refractivity contribution in [2.24, 2.45) is 4.99 Å². The lowest BCUT2D eigenvalue weighted by Crippen LogP contribution is -2.30. The zero-order valence-electron chi connectivity index (χ0n) is 7.95. The first kappa shape index (κ1) is 9.30. The van der Waals surface area contributed by atoms with E-state index < -0.39 is 5.79 Å². The summed E-state index contributed by atoms with van der Waals surface area (Å²) in [7, 11) is 2.99. The molecule has 1 aromatic carbocycles. The van der Waals surface area contributed by atoms with Crippen LogP contribution in [-0.2, 0) is 15.3 Å². The van der Waals surface area contributed by atoms with Crippen molar-refractivity contribution in [1.82, 2.24) is 0 Å². The minimum Gasteiger partial charge on any atom is -0.345 e. The summed E-state index contributed by atoms with van der Waals surface area (Å²) in [6.07, 6.45) is 1.46. The first-order valence-corrected chi connectivity index (χ1v) is 4.18. The molecule has 1 heterocycles. The van der Waals surface area contributed by atoms with Gasteiger partial charge in [-0.05, 0) is 6.07 Å². The van der Waals surface area contributed by atoms with Crippen LogP contribution in [0.5, 0.6) is 0 Å². The molecule has 0 saturated carbocycles. The van der Waals surface area contributed by atoms with E-state index in [1.807, 2.05) is 0 Å². The van der Waals surface area contributed by atoms with Crippen LogP contribution in [0.25, 0.3) is 0 Å². The summed E-state index contributed by atoms with van der Waals surface area (Å²) in [4.78, 5) is 3.94. The van der Waals surface area contributed by atoms with Crippen LogP contribution in [0.1, 0.15) is 5.56 Å². The molecule has 0 amide bonds. The Morgan fingerprint density at radius 1 is 1.29 bits per heavy atom. The van der Waals surface area contributed by atoms with Gasteiger partial charge in [0.25, 0.3) is 0 Å². The van der Waals surface area contributed by atoms with Crippen molar-refractivity contribution in [3.63, 3.8) is 0 Å². The second-order valence-electron chi connectivity index (χ2n) is 2.97. The Balaban J connectivity index is 2.59. The summed E-state index contributed by atoms with van der Waals surface area (Å²) in [6.45, 7) is 0. The standard InChI is InChI=1S/C10H10FNO2/c1-13-10(14-2)6-12-9-7(10)4-3-5-8(9)11/h3-6H,1-2H3. The predicted molar refractivity (Wildman–Crippen MR) is 50.2 cm³/mol. The third kappa shape index (κ3) is 1.08. The highest BCUT2D eigenvalue weighted by atomic mass is 19.1. The van der Waals surface area contributed by atoms with Crippen molar-refractivity contribution < 1.29 is 13.9 Å². The van der Waals surface area contributed by atoms with Crippen molar-refractivity contribution in [3.8, 4) is 0 Å². The smallest absolute Gasteiger partial charge is 0.234 e. The minimum absolute atomic E-state index is 0.288. The van der Waals surface area contributed by atoms with Crippen LogP contribution in [0.3, 0.4) is 0 Å². The summed E-state index contributed by atoms with van der Waals surface area (Å²) in [5, 5.41) is 0. The minimum atomic E-state index is -1.03. The Hall–Kier alpha value is -1.26. The molecule has 0 spiro atoms. The summed E-state index contributed by atoms with van der Waals surface area (Å²) < 4.78 is 23.7. The molecule has 14 heavy (non-hydrogen) atoms. The Kier molecular flexibility index (Phi) is 2.09. The normalized spacial score (nSPS) is 17.1. The molecule has 0 fully saturated rings. The van der Waals surface area contributed by atoms with Crippen LogP contribution < -0.4 is 0 Å². The van der Waals surface area contributed by atoms with E-state index in [1.165, 1.54) is 26.5 Å². The van der Waals surface area contributed by atoms with Crippen molar-refractivity contribution in [3.05, 3.63) is 29.6 Å². The lowest BCUT2D eigenvalue weighted by Gasteiger charge is -2.23. The van der Waals surface area contributed by atoms with E-state index in [0.29, 0.717) is 5.56 Å². The highest BCUT2D eigenvalue weighted by Gasteiger charge is 2.37. The number of hydrogen-bond acceptors (Lipinski definition) is 3. The van der Waals surface area contributed by atoms with Crippen LogP contribution in [0.2, 0.25) is 0 Å². The molecule has 1 aromatic rings. The molecule has 4 heteroatoms. The van der Waals surface area contributed by atoms with Gasteiger partial charge in [0.1, 0.15) is 11.5 Å². The van der Waals surface area contributed by atoms with Crippen LogP contribution in [0.15, 0.2) is 23.2 Å². The van der Waals surface area contributed by atoms with E-state index in [9.17, 15) is 4.39 Å². The van der Waals surface area contributed by atoms with E-state index >= 15 is 0 Å². The molecular formula is C10H10FNO2. The first-order valence-electron chi connectivity index (χ1n) is 4.18. The lowest BCUT2D eigenvalue weighted by molar-refractivity contribution is -0.154. The summed E-state index contributed by atoms with van der Waals surface area (Å²) in [5.74, 6) is -1.40. The van der Waals surface area contributed by atoms with Gasteiger partial charge in [-0.3, -0.25) is 4.99 Å². The van der Waals surface area contributed by atoms with Crippen LogP contribution >= 0.6 is 0 Å². The van der Waals surface area contributed by atoms with Gasteiger partial charge >= 0.3 is 0 Å². The number of nitrogens with zero attached hydrogens (tertiary/aromatic N) is 1. The maximum atomic E-state index is 13.3. The molecular weight excluding hydrogens is 185 g/mol. The maximum absolute atomic E-state index is 13.3. The number of methoxy groups -OCH3 is 2. The fourth-order valence-corrected chi connectivity index (χ4v) is 1.56. The second-order valence-corrected chi connectivity index (χ2v) is 2.97. The van der Waals surface area contributed by atoms with Gasteiger partial charge in [0.05, 0.1) is 6.21 Å². The molecule has 1 aliphatic rings. The van der Waals surface area contributed by atoms with Gasteiger partial charge in [-0.25, -0.2) is 4.39 Å². The topological polar surface area (TPSA) is 30.8 Å². The molecule has 0 aliphatic carbocycles. The number of aliphatic imine (C=N–C) groups is 1. The van der Waals surface area contributed by atoms with Gasteiger partial charge in [-0.1, -0.05) is 12.1 Å². The number of hydrogen-bond donors (Lipinski definition) is 0. The molecule has 0 atom stereocenters. The highest BCUT2D eigenvalue weighted by Crippen LogP contribution is 2.39. The molecule has 0 unspecified atom stereocenters. The van der Waals surface area contributed by atoms with Gasteiger partial charge in [0.15, 0.2) is 0 Å². The van der Waals surface area contributed by atoms with E-state index in [4.69, 9.17) is 9.47 Å². The molecule has 0 N–H and O–H groups in total. The average Bonchev–Trinajstić information content (AvgIpc) is 2.59. The molecule has 2 rings (SSSR count). The van der Waals surface area contributed by atoms with E-state index in [1.54, 1.807) is 12.1 Å². The maximum Gasteiger partial charge on any atom is 0.234 e. The zero-order valence-corrected chi connectivity index (χ0v) is 7.95. The SMILES string of the molecule is COC1(OC)C=Nc2c(F)cccc21. The average molecular weight is 195 g/mol. The monoisotopic (exact) mass is 195 g/mol. The molecule has 0 radical (unpaired) electrons. The van der Waals surface area contributed by atoms with Crippen LogP contribution in [0, 0.1) is 5.82 Å². The van der Waals surface area contributed by atoms with Gasteiger partial charge in [0.2, 0.25) is 5.79 Å². The summed E-state index contributed by atoms with van der Waals surface area (Å²) in [5.41, 5.74) is 0.888. The second kappa shape index (κ2) is 3.15. The summed E-state index contributed by atoms with van der Waals surface area (Å²) in [6, 6.07) is 4.70. The quantitative estimate of drug-likeness (QED) is 0.675. The molecule has 0 bridgehead atoms. The number of halogens is 1. The zero-order chi connectivity index (χ0) is 10.2. The van der Waals surface area contributed by atoms with Crippen LogP contribution in [-0.4, -0.2) is 20.4 Å². The highest BCUT2D eigenvalue weighted by molar-refractivity contribution is 5.82. The molecule has 1 aliphatic heterocycles. The van der Waals surface area contributed by atoms with Crippen molar-refractivity contribution >= 4 is 11.9 Å². The van der Waals surface area contributed by atoms with Gasteiger partial charge in [0, 0.05) is 19.8 Å². The van der Waals surface area contributed by atoms with E-state index in [2.05, 4.69) is 4.99 Å². The van der Waals surface area contributed by atoms with Crippen molar-refractivity contribution in [2.45, 2.75) is 5.79 Å². The number of rotatable bonds is 2. The molecule has 74 valence electrons. The third-order valence-electron chi connectivity index (χ3n) is 2.33. The fraction of sp³-hybridized carbons (Fsp3) is 0.300. The van der Waals surface area contributed by atoms with Crippen molar-refractivity contribution in [2.75, 3.05) is 14.2 Å². The fourth-order valence-electron chi connectivity index (χ4n) is 1.56. The number of fused-ring (bicyclic) bond motifs is 1. The van der Waals surface area contributed by atoms with Gasteiger partial charge in [-0.2, -0.15) is 0 Å². The Labute approximate surface area is 81.2 Å². The predicted octanol–water partition coefficient (Wildman–Crippen LogP) is 1.99. The van der Waals surface area contributed by atoms with Gasteiger partial charge < -0.3 is 9.47 Å². The number of para-hydroxylation sites is 1. The Morgan fingerprint density at radius 3 is 2.64 bits per heavy atom. The van der Waals surface area contributed by atoms with Gasteiger partial charge in [-0.15, -0.1) is 0 Å². The summed E-state index contributed by atoms with van der Waals surface area (Å²) >= 11 is 0. The van der Waals surface area contributed by atoms with E-state index in [0.717, 1.165) is 0 Å². The largest absolute Gasteiger partial charge is 0.345 e. The Morgan fingerprint density at radius 2 is 2.00 bits per heavy atom. The number of benzene rings is 1. The Bertz CT molecular complexity index is 386. The van der Waals surface area contributed by atoms with Crippen molar-refractivity contribution in [1.29, 1.82) is 0 Å². The number of ether oxygens (including phenoxy) is 2. The van der Waals surface area contributed by atoms with E-state index in [-0.39, 0.29) is 11.5 Å². The lowest BCUT2D eigenvalue weighted by atomic mass is 10.1.